The van der Waals surface area contributed by atoms with Crippen LogP contribution in [0.4, 0.5) is 0 Å². The maximum Gasteiger partial charge on any atom is 0.119 e. The Morgan fingerprint density at radius 3 is 2.50 bits per heavy atom. The van der Waals surface area contributed by atoms with Gasteiger partial charge in [0.15, 0.2) is 0 Å². The van der Waals surface area contributed by atoms with Crippen LogP contribution < -0.4 is 4.74 Å². The number of nitrogens with zero attached hydrogens (tertiary/aromatic N) is 1. The van der Waals surface area contributed by atoms with Crippen LogP contribution >= 0.6 is 0 Å². The summed E-state index contributed by atoms with van der Waals surface area (Å²) in [4.78, 5) is 2.55. The second-order valence-electron chi connectivity index (χ2n) is 8.78. The summed E-state index contributed by atoms with van der Waals surface area (Å²) >= 11 is 0. The molecule has 1 heterocycles. The molecule has 3 nitrogen and oxygen atoms in total. The van der Waals surface area contributed by atoms with Crippen molar-refractivity contribution in [3.63, 3.8) is 0 Å². The van der Waals surface area contributed by atoms with Gasteiger partial charge in [-0.3, -0.25) is 4.90 Å². The topological polar surface area (TPSA) is 21.7 Å². The van der Waals surface area contributed by atoms with E-state index in [0.717, 1.165) is 38.0 Å². The summed E-state index contributed by atoms with van der Waals surface area (Å²) in [6.07, 6.45) is 2.68. The first kappa shape index (κ1) is 19.5. The van der Waals surface area contributed by atoms with Gasteiger partial charge in [0.25, 0.3) is 0 Å². The lowest BCUT2D eigenvalue weighted by Gasteiger charge is -2.36. The molecule has 1 saturated heterocycles. The smallest absolute Gasteiger partial charge is 0.119 e. The van der Waals surface area contributed by atoms with Crippen molar-refractivity contribution >= 4 is 8.07 Å². The molecule has 1 aromatic rings. The lowest BCUT2D eigenvalue weighted by Crippen LogP contribution is -2.47. The van der Waals surface area contributed by atoms with E-state index in [1.54, 1.807) is 0 Å². The predicted molar refractivity (Wildman–Crippen MR) is 105 cm³/mol. The van der Waals surface area contributed by atoms with E-state index in [2.05, 4.69) is 69.6 Å². The summed E-state index contributed by atoms with van der Waals surface area (Å²) in [6, 6.07) is 8.66. The third kappa shape index (κ3) is 6.95. The Morgan fingerprint density at radius 1 is 1.21 bits per heavy atom. The van der Waals surface area contributed by atoms with Crippen molar-refractivity contribution in [1.82, 2.24) is 4.90 Å². The molecule has 0 aromatic heterocycles. The number of hydrogen-bond acceptors (Lipinski definition) is 3. The molecule has 1 aliphatic heterocycles. The van der Waals surface area contributed by atoms with Gasteiger partial charge in [-0.15, -0.1) is 0 Å². The Kier molecular flexibility index (Phi) is 6.90. The van der Waals surface area contributed by atoms with Crippen LogP contribution in [-0.4, -0.2) is 51.0 Å². The Balaban J connectivity index is 1.86. The largest absolute Gasteiger partial charge is 0.497 e. The molecule has 4 heteroatoms. The molecule has 3 unspecified atom stereocenters. The molecule has 136 valence electrons. The summed E-state index contributed by atoms with van der Waals surface area (Å²) in [5.74, 6) is 1.66. The fourth-order valence-corrected chi connectivity index (χ4v) is 4.00. The number of benzene rings is 1. The monoisotopic (exact) mass is 349 g/mol. The minimum Gasteiger partial charge on any atom is -0.497 e. The highest BCUT2D eigenvalue weighted by Gasteiger charge is 2.23. The highest BCUT2D eigenvalue weighted by atomic mass is 28.3. The minimum absolute atomic E-state index is 0.347. The van der Waals surface area contributed by atoms with E-state index in [9.17, 15) is 0 Å². The molecule has 1 aliphatic rings. The molecule has 24 heavy (non-hydrogen) atoms. The van der Waals surface area contributed by atoms with Gasteiger partial charge in [0, 0.05) is 19.6 Å². The van der Waals surface area contributed by atoms with Crippen LogP contribution in [0.3, 0.4) is 0 Å². The zero-order valence-electron chi connectivity index (χ0n) is 16.3. The fourth-order valence-electron chi connectivity index (χ4n) is 3.40. The zero-order chi connectivity index (χ0) is 17.7. The Morgan fingerprint density at radius 2 is 1.88 bits per heavy atom. The van der Waals surface area contributed by atoms with E-state index in [1.807, 2.05) is 0 Å². The average Bonchev–Trinajstić information content (AvgIpc) is 2.43. The van der Waals surface area contributed by atoms with E-state index in [-0.39, 0.29) is 0 Å². The number of morpholine rings is 1. The quantitative estimate of drug-likeness (QED) is 0.688. The minimum atomic E-state index is -1.17. The van der Waals surface area contributed by atoms with Crippen LogP contribution in [0.25, 0.3) is 0 Å². The van der Waals surface area contributed by atoms with Crippen LogP contribution in [0.1, 0.15) is 26.3 Å². The third-order valence-corrected chi connectivity index (χ3v) is 5.23. The van der Waals surface area contributed by atoms with Crippen molar-refractivity contribution < 1.29 is 9.47 Å². The van der Waals surface area contributed by atoms with Crippen LogP contribution in [0, 0.1) is 5.92 Å². The molecule has 0 aliphatic carbocycles. The molecule has 0 amide bonds. The van der Waals surface area contributed by atoms with Crippen molar-refractivity contribution in [3.8, 4) is 5.75 Å². The molecular weight excluding hydrogens is 314 g/mol. The van der Waals surface area contributed by atoms with Gasteiger partial charge < -0.3 is 9.47 Å². The first-order valence-electron chi connectivity index (χ1n) is 9.31. The van der Waals surface area contributed by atoms with E-state index in [0.29, 0.717) is 18.1 Å². The van der Waals surface area contributed by atoms with Gasteiger partial charge in [0.1, 0.15) is 5.75 Å². The second kappa shape index (κ2) is 8.50. The van der Waals surface area contributed by atoms with Crippen LogP contribution in [0.5, 0.6) is 5.75 Å². The average molecular weight is 350 g/mol. The normalized spacial score (nSPS) is 23.9. The molecule has 1 aromatic carbocycles. The molecule has 1 fully saturated rings. The Labute approximate surface area is 149 Å². The van der Waals surface area contributed by atoms with Gasteiger partial charge in [-0.05, 0) is 43.9 Å². The lowest BCUT2D eigenvalue weighted by molar-refractivity contribution is -0.0708. The molecule has 0 saturated carbocycles. The van der Waals surface area contributed by atoms with Gasteiger partial charge in [0.05, 0.1) is 26.5 Å². The van der Waals surface area contributed by atoms with E-state index < -0.39 is 8.07 Å². The number of rotatable bonds is 7. The lowest BCUT2D eigenvalue weighted by atomic mass is 10.00. The molecule has 0 radical (unpaired) electrons. The SMILES string of the molecule is CC(Cc1cccc(OC[Si](C)(C)C)c1)CN1CC(C)OC(C)C1. The highest BCUT2D eigenvalue weighted by molar-refractivity contribution is 6.76. The fraction of sp³-hybridized carbons (Fsp3) is 0.700. The molecule has 2 rings (SSSR count). The van der Waals surface area contributed by atoms with Crippen LogP contribution in [0.2, 0.25) is 19.6 Å². The van der Waals surface area contributed by atoms with Gasteiger partial charge in [-0.1, -0.05) is 38.7 Å². The first-order valence-corrected chi connectivity index (χ1v) is 13.0. The summed E-state index contributed by atoms with van der Waals surface area (Å²) in [7, 11) is -1.17. The number of ether oxygens (including phenoxy) is 2. The van der Waals surface area contributed by atoms with Crippen LogP contribution in [-0.2, 0) is 11.2 Å². The van der Waals surface area contributed by atoms with Crippen molar-refractivity contribution in [3.05, 3.63) is 29.8 Å². The Hall–Kier alpha value is -0.843. The summed E-state index contributed by atoms with van der Waals surface area (Å²) in [6.45, 7) is 16.9. The van der Waals surface area contributed by atoms with Crippen molar-refractivity contribution in [2.45, 2.75) is 59.0 Å². The first-order chi connectivity index (χ1) is 11.2. The van der Waals surface area contributed by atoms with E-state index in [4.69, 9.17) is 9.47 Å². The number of hydrogen-bond donors (Lipinski definition) is 0. The van der Waals surface area contributed by atoms with E-state index >= 15 is 0 Å². The maximum absolute atomic E-state index is 6.01. The maximum atomic E-state index is 6.01. The summed E-state index contributed by atoms with van der Waals surface area (Å²) < 4.78 is 11.8. The third-order valence-electron chi connectivity index (χ3n) is 4.22. The zero-order valence-corrected chi connectivity index (χ0v) is 17.3. The highest BCUT2D eigenvalue weighted by Crippen LogP contribution is 2.19. The standard InChI is InChI=1S/C20H35NO2Si/c1-16(12-21-13-17(2)23-18(3)14-21)10-19-8-7-9-20(11-19)22-15-24(4,5)6/h7-9,11,16-18H,10,12-15H2,1-6H3. The molecule has 0 spiro atoms. The molecule has 0 bridgehead atoms. The van der Waals surface area contributed by atoms with E-state index in [1.165, 1.54) is 5.56 Å². The summed E-state index contributed by atoms with van der Waals surface area (Å²) in [5.41, 5.74) is 1.38. The van der Waals surface area contributed by atoms with Crippen molar-refractivity contribution in [1.29, 1.82) is 0 Å². The van der Waals surface area contributed by atoms with Crippen molar-refractivity contribution in [2.75, 3.05) is 25.9 Å². The van der Waals surface area contributed by atoms with Crippen molar-refractivity contribution in [2.24, 2.45) is 5.92 Å². The molecular formula is C20H35NO2Si. The molecule has 0 N–H and O–H groups in total. The van der Waals surface area contributed by atoms with Gasteiger partial charge in [-0.2, -0.15) is 0 Å². The predicted octanol–water partition coefficient (Wildman–Crippen LogP) is 4.23. The molecule has 3 atom stereocenters. The summed E-state index contributed by atoms with van der Waals surface area (Å²) in [5, 5.41) is 0. The van der Waals surface area contributed by atoms with Gasteiger partial charge in [-0.25, -0.2) is 0 Å². The Bertz CT molecular complexity index is 505. The van der Waals surface area contributed by atoms with Gasteiger partial charge in [0.2, 0.25) is 0 Å². The second-order valence-corrected chi connectivity index (χ2v) is 14.2. The van der Waals surface area contributed by atoms with Gasteiger partial charge >= 0.3 is 0 Å². The van der Waals surface area contributed by atoms with Crippen LogP contribution in [0.15, 0.2) is 24.3 Å².